The van der Waals surface area contributed by atoms with Gasteiger partial charge >= 0.3 is 5.76 Å². The van der Waals surface area contributed by atoms with Gasteiger partial charge in [0.25, 0.3) is 0 Å². The second kappa shape index (κ2) is 5.09. The van der Waals surface area contributed by atoms with E-state index in [0.29, 0.717) is 11.6 Å². The van der Waals surface area contributed by atoms with Crippen LogP contribution in [0.25, 0.3) is 11.1 Å². The molecule has 0 spiro atoms. The number of fused-ring (bicyclic) bond motifs is 1. The fourth-order valence-corrected chi connectivity index (χ4v) is 2.70. The molecule has 1 fully saturated rings. The van der Waals surface area contributed by atoms with E-state index in [9.17, 15) is 4.79 Å². The number of H-pyrrole nitrogens is 1. The Labute approximate surface area is 111 Å². The summed E-state index contributed by atoms with van der Waals surface area (Å²) in [5.74, 6) is -0.404. The van der Waals surface area contributed by atoms with E-state index >= 15 is 0 Å². The van der Waals surface area contributed by atoms with Crippen LogP contribution in [-0.2, 0) is 0 Å². The van der Waals surface area contributed by atoms with Crippen LogP contribution in [0.2, 0.25) is 0 Å². The highest BCUT2D eigenvalue weighted by Gasteiger charge is 2.18. The lowest BCUT2D eigenvalue weighted by atomic mass is 10.0. The average Bonchev–Trinajstić information content (AvgIpc) is 2.77. The lowest BCUT2D eigenvalue weighted by Gasteiger charge is -2.32. The van der Waals surface area contributed by atoms with Gasteiger partial charge in [-0.25, -0.2) is 4.79 Å². The zero-order valence-corrected chi connectivity index (χ0v) is 11.1. The predicted molar refractivity (Wildman–Crippen MR) is 75.6 cm³/mol. The van der Waals surface area contributed by atoms with Crippen molar-refractivity contribution in [2.45, 2.75) is 25.3 Å². The molecule has 1 saturated heterocycles. The molecule has 0 amide bonds. The van der Waals surface area contributed by atoms with Crippen molar-refractivity contribution in [2.75, 3.05) is 25.5 Å². The number of aromatic amines is 1. The Balaban J connectivity index is 1.69. The molecule has 0 radical (unpaired) electrons. The highest BCUT2D eigenvalue weighted by Crippen LogP contribution is 2.18. The molecule has 3 rings (SSSR count). The SMILES string of the molecule is CN1CCCCC1CNc1ccc2oc(=O)[nH]c2c1. The number of likely N-dealkylation sites (tertiary alicyclic amines) is 1. The van der Waals surface area contributed by atoms with Gasteiger partial charge in [0.05, 0.1) is 5.52 Å². The number of nitrogens with zero attached hydrogens (tertiary/aromatic N) is 1. The second-order valence-electron chi connectivity index (χ2n) is 5.24. The molecule has 19 heavy (non-hydrogen) atoms. The van der Waals surface area contributed by atoms with Crippen molar-refractivity contribution in [1.29, 1.82) is 0 Å². The maximum Gasteiger partial charge on any atom is 0.417 e. The van der Waals surface area contributed by atoms with E-state index in [1.54, 1.807) is 0 Å². The molecule has 1 aromatic heterocycles. The van der Waals surface area contributed by atoms with Crippen LogP contribution in [0, 0.1) is 0 Å². The molecule has 2 heterocycles. The van der Waals surface area contributed by atoms with Crippen LogP contribution >= 0.6 is 0 Å². The first-order chi connectivity index (χ1) is 9.22. The normalized spacial score (nSPS) is 20.8. The van der Waals surface area contributed by atoms with E-state index in [-0.39, 0.29) is 0 Å². The van der Waals surface area contributed by atoms with E-state index in [4.69, 9.17) is 4.42 Å². The van der Waals surface area contributed by atoms with Crippen molar-refractivity contribution < 1.29 is 4.42 Å². The first kappa shape index (κ1) is 12.3. The summed E-state index contributed by atoms with van der Waals surface area (Å²) in [5.41, 5.74) is 2.36. The zero-order valence-electron chi connectivity index (χ0n) is 11.1. The zero-order chi connectivity index (χ0) is 13.2. The molecule has 2 aromatic rings. The molecule has 1 aromatic carbocycles. The molecule has 5 nitrogen and oxygen atoms in total. The minimum Gasteiger partial charge on any atom is -0.408 e. The van der Waals surface area contributed by atoms with Crippen LogP contribution in [-0.4, -0.2) is 36.1 Å². The highest BCUT2D eigenvalue weighted by atomic mass is 16.4. The Morgan fingerprint density at radius 1 is 1.47 bits per heavy atom. The molecular formula is C14H19N3O2. The Hall–Kier alpha value is -1.75. The molecule has 1 atom stereocenters. The Kier molecular flexibility index (Phi) is 3.29. The largest absolute Gasteiger partial charge is 0.417 e. The Morgan fingerprint density at radius 2 is 2.37 bits per heavy atom. The third-order valence-electron chi connectivity index (χ3n) is 3.88. The van der Waals surface area contributed by atoms with Gasteiger partial charge in [-0.2, -0.15) is 0 Å². The van der Waals surface area contributed by atoms with Crippen LogP contribution in [0.1, 0.15) is 19.3 Å². The van der Waals surface area contributed by atoms with Gasteiger partial charge in [-0.1, -0.05) is 6.42 Å². The maximum atomic E-state index is 11.1. The smallest absolute Gasteiger partial charge is 0.408 e. The molecule has 5 heteroatoms. The fourth-order valence-electron chi connectivity index (χ4n) is 2.70. The summed E-state index contributed by atoms with van der Waals surface area (Å²) in [5, 5.41) is 3.44. The summed E-state index contributed by atoms with van der Waals surface area (Å²) in [6.45, 7) is 2.12. The Morgan fingerprint density at radius 3 is 3.21 bits per heavy atom. The first-order valence-electron chi connectivity index (χ1n) is 6.79. The molecule has 0 saturated carbocycles. The molecule has 1 aliphatic heterocycles. The maximum absolute atomic E-state index is 11.1. The van der Waals surface area contributed by atoms with Gasteiger partial charge in [0.2, 0.25) is 0 Å². The fraction of sp³-hybridized carbons (Fsp3) is 0.500. The highest BCUT2D eigenvalue weighted by molar-refractivity contribution is 5.76. The quantitative estimate of drug-likeness (QED) is 0.887. The van der Waals surface area contributed by atoms with Crippen LogP contribution in [0.15, 0.2) is 27.4 Å². The second-order valence-corrected chi connectivity index (χ2v) is 5.24. The van der Waals surface area contributed by atoms with Crippen molar-refractivity contribution in [3.05, 3.63) is 28.7 Å². The number of rotatable bonds is 3. The monoisotopic (exact) mass is 261 g/mol. The third-order valence-corrected chi connectivity index (χ3v) is 3.88. The lowest BCUT2D eigenvalue weighted by Crippen LogP contribution is -2.40. The topological polar surface area (TPSA) is 61.3 Å². The van der Waals surface area contributed by atoms with Gasteiger partial charge in [0, 0.05) is 18.3 Å². The van der Waals surface area contributed by atoms with Crippen LogP contribution in [0.4, 0.5) is 5.69 Å². The summed E-state index contributed by atoms with van der Waals surface area (Å²) in [4.78, 5) is 16.2. The predicted octanol–water partition coefficient (Wildman–Crippen LogP) is 2.02. The van der Waals surface area contributed by atoms with Gasteiger partial charge in [-0.05, 0) is 44.6 Å². The number of benzene rings is 1. The number of aromatic nitrogens is 1. The summed E-state index contributed by atoms with van der Waals surface area (Å²) in [6, 6.07) is 6.28. The third kappa shape index (κ3) is 2.66. The van der Waals surface area contributed by atoms with Crippen molar-refractivity contribution in [1.82, 2.24) is 9.88 Å². The number of nitrogens with one attached hydrogen (secondary N) is 2. The molecule has 0 aliphatic carbocycles. The van der Waals surface area contributed by atoms with Crippen molar-refractivity contribution in [3.63, 3.8) is 0 Å². The number of anilines is 1. The lowest BCUT2D eigenvalue weighted by molar-refractivity contribution is 0.194. The minimum absolute atomic E-state index is 0.404. The summed E-state index contributed by atoms with van der Waals surface area (Å²) >= 11 is 0. The van der Waals surface area contributed by atoms with E-state index in [0.717, 1.165) is 17.7 Å². The van der Waals surface area contributed by atoms with Gasteiger partial charge in [-0.3, -0.25) is 4.98 Å². The summed E-state index contributed by atoms with van der Waals surface area (Å²) < 4.78 is 4.99. The molecule has 1 unspecified atom stereocenters. The summed E-state index contributed by atoms with van der Waals surface area (Å²) in [6.07, 6.45) is 3.86. The molecular weight excluding hydrogens is 242 g/mol. The van der Waals surface area contributed by atoms with Crippen molar-refractivity contribution in [3.8, 4) is 0 Å². The number of piperidine rings is 1. The minimum atomic E-state index is -0.404. The molecule has 0 bridgehead atoms. The van der Waals surface area contributed by atoms with Gasteiger partial charge in [-0.15, -0.1) is 0 Å². The van der Waals surface area contributed by atoms with E-state index in [2.05, 4.69) is 22.2 Å². The van der Waals surface area contributed by atoms with Crippen LogP contribution < -0.4 is 11.1 Å². The first-order valence-corrected chi connectivity index (χ1v) is 6.79. The van der Waals surface area contributed by atoms with Crippen LogP contribution in [0.5, 0.6) is 0 Å². The summed E-state index contributed by atoms with van der Waals surface area (Å²) in [7, 11) is 2.18. The average molecular weight is 261 g/mol. The number of oxazole rings is 1. The number of hydrogen-bond acceptors (Lipinski definition) is 4. The van der Waals surface area contributed by atoms with E-state index in [1.165, 1.54) is 25.8 Å². The van der Waals surface area contributed by atoms with Crippen LogP contribution in [0.3, 0.4) is 0 Å². The van der Waals surface area contributed by atoms with E-state index < -0.39 is 5.76 Å². The van der Waals surface area contributed by atoms with Gasteiger partial charge in [0.15, 0.2) is 5.58 Å². The number of likely N-dealkylation sites (N-methyl/N-ethyl adjacent to an activating group) is 1. The van der Waals surface area contributed by atoms with Gasteiger partial charge < -0.3 is 14.6 Å². The number of hydrogen-bond donors (Lipinski definition) is 2. The van der Waals surface area contributed by atoms with Crippen molar-refractivity contribution >= 4 is 16.8 Å². The standard InChI is InChI=1S/C14H19N3O2/c1-17-7-3-2-4-11(17)9-15-10-5-6-13-12(8-10)16-14(18)19-13/h5-6,8,11,15H,2-4,7,9H2,1H3,(H,16,18). The Bertz CT molecular complexity index is 616. The molecule has 102 valence electrons. The molecule has 2 N–H and O–H groups in total. The van der Waals surface area contributed by atoms with Gasteiger partial charge in [0.1, 0.15) is 0 Å². The van der Waals surface area contributed by atoms with Crippen molar-refractivity contribution in [2.24, 2.45) is 0 Å². The van der Waals surface area contributed by atoms with E-state index in [1.807, 2.05) is 18.2 Å². The molecule has 1 aliphatic rings.